The Balaban J connectivity index is 1.58. The van der Waals surface area contributed by atoms with Crippen LogP contribution in [0.5, 0.6) is 0 Å². The minimum Gasteiger partial charge on any atom is -0.307 e. The fourth-order valence-electron chi connectivity index (χ4n) is 3.76. The number of benzene rings is 1. The Morgan fingerprint density at radius 3 is 2.52 bits per heavy atom. The molecule has 0 spiro atoms. The van der Waals surface area contributed by atoms with Crippen LogP contribution in [0, 0.1) is 5.82 Å². The number of nitrogens with zero attached hydrogens (tertiary/aromatic N) is 1. The number of piperidine rings is 1. The molecule has 21 heavy (non-hydrogen) atoms. The molecule has 1 atom stereocenters. The Bertz CT molecular complexity index is 498. The van der Waals surface area contributed by atoms with Gasteiger partial charge in [-0.3, -0.25) is 4.90 Å². The van der Waals surface area contributed by atoms with Gasteiger partial charge in [-0.1, -0.05) is 6.07 Å². The molecular weight excluding hydrogens is 263 g/mol. The molecular formula is C18H27FN2. The number of halogens is 1. The van der Waals surface area contributed by atoms with Crippen molar-refractivity contribution in [1.82, 2.24) is 10.2 Å². The monoisotopic (exact) mass is 290 g/mol. The molecule has 1 N–H and O–H groups in total. The van der Waals surface area contributed by atoms with Crippen LogP contribution in [0.4, 0.5) is 4.39 Å². The maximum absolute atomic E-state index is 13.3. The first kappa shape index (κ1) is 15.0. The SMILES string of the molecule is CC(C)(C)N1CCC(NC2CCc3cc(F)ccc32)CC1. The van der Waals surface area contributed by atoms with E-state index in [1.807, 2.05) is 6.07 Å². The average Bonchev–Trinajstić information content (AvgIpc) is 2.80. The highest BCUT2D eigenvalue weighted by molar-refractivity contribution is 5.35. The molecule has 1 aromatic rings. The molecule has 0 saturated carbocycles. The van der Waals surface area contributed by atoms with E-state index in [1.165, 1.54) is 37.1 Å². The first-order valence-corrected chi connectivity index (χ1v) is 8.23. The minimum atomic E-state index is -0.104. The lowest BCUT2D eigenvalue weighted by atomic mass is 9.97. The van der Waals surface area contributed by atoms with Crippen LogP contribution in [0.15, 0.2) is 18.2 Å². The average molecular weight is 290 g/mol. The van der Waals surface area contributed by atoms with Crippen LogP contribution >= 0.6 is 0 Å². The van der Waals surface area contributed by atoms with Gasteiger partial charge in [0.2, 0.25) is 0 Å². The van der Waals surface area contributed by atoms with E-state index in [1.54, 1.807) is 12.1 Å². The second-order valence-corrected chi connectivity index (χ2v) is 7.53. The second kappa shape index (κ2) is 5.69. The fraction of sp³-hybridized carbons (Fsp3) is 0.667. The molecule has 1 aliphatic heterocycles. The molecule has 2 aliphatic rings. The van der Waals surface area contributed by atoms with Crippen molar-refractivity contribution in [2.24, 2.45) is 0 Å². The van der Waals surface area contributed by atoms with E-state index in [4.69, 9.17) is 0 Å². The van der Waals surface area contributed by atoms with Crippen LogP contribution in [-0.2, 0) is 6.42 Å². The number of likely N-dealkylation sites (tertiary alicyclic amines) is 1. The Labute approximate surface area is 127 Å². The third-order valence-corrected chi connectivity index (χ3v) is 5.06. The van der Waals surface area contributed by atoms with Crippen LogP contribution < -0.4 is 5.32 Å². The van der Waals surface area contributed by atoms with Crippen LogP contribution in [0.2, 0.25) is 0 Å². The van der Waals surface area contributed by atoms with Crippen molar-refractivity contribution in [2.75, 3.05) is 13.1 Å². The van der Waals surface area contributed by atoms with Crippen LogP contribution in [-0.4, -0.2) is 29.6 Å². The molecule has 0 bridgehead atoms. The number of fused-ring (bicyclic) bond motifs is 1. The van der Waals surface area contributed by atoms with Crippen molar-refractivity contribution in [3.8, 4) is 0 Å². The molecule has 0 aromatic heterocycles. The topological polar surface area (TPSA) is 15.3 Å². The quantitative estimate of drug-likeness (QED) is 0.894. The van der Waals surface area contributed by atoms with Crippen molar-refractivity contribution in [3.63, 3.8) is 0 Å². The summed E-state index contributed by atoms with van der Waals surface area (Å²) in [7, 11) is 0. The maximum atomic E-state index is 13.3. The third kappa shape index (κ3) is 3.29. The molecule has 1 heterocycles. The first-order valence-electron chi connectivity index (χ1n) is 8.23. The van der Waals surface area contributed by atoms with Crippen LogP contribution in [0.1, 0.15) is 57.2 Å². The summed E-state index contributed by atoms with van der Waals surface area (Å²) in [6, 6.07) is 6.30. The molecule has 3 rings (SSSR count). The molecule has 0 radical (unpaired) electrons. The highest BCUT2D eigenvalue weighted by Gasteiger charge is 2.30. The van der Waals surface area contributed by atoms with Crippen molar-refractivity contribution in [3.05, 3.63) is 35.1 Å². The smallest absolute Gasteiger partial charge is 0.123 e. The van der Waals surface area contributed by atoms with E-state index >= 15 is 0 Å². The Morgan fingerprint density at radius 1 is 1.14 bits per heavy atom. The van der Waals surface area contributed by atoms with Gasteiger partial charge in [-0.05, 0) is 69.7 Å². The van der Waals surface area contributed by atoms with Crippen LogP contribution in [0.25, 0.3) is 0 Å². The fourth-order valence-corrected chi connectivity index (χ4v) is 3.76. The number of nitrogens with one attached hydrogen (secondary N) is 1. The molecule has 116 valence electrons. The zero-order chi connectivity index (χ0) is 15.0. The summed E-state index contributed by atoms with van der Waals surface area (Å²) in [6.07, 6.45) is 4.54. The molecule has 1 saturated heterocycles. The van der Waals surface area contributed by atoms with E-state index in [-0.39, 0.29) is 11.4 Å². The largest absolute Gasteiger partial charge is 0.307 e. The van der Waals surface area contributed by atoms with Crippen molar-refractivity contribution >= 4 is 0 Å². The van der Waals surface area contributed by atoms with E-state index in [2.05, 4.69) is 31.0 Å². The Kier molecular flexibility index (Phi) is 4.06. The molecule has 2 nitrogen and oxygen atoms in total. The highest BCUT2D eigenvalue weighted by atomic mass is 19.1. The van der Waals surface area contributed by atoms with Gasteiger partial charge in [0.15, 0.2) is 0 Å². The predicted molar refractivity (Wildman–Crippen MR) is 84.9 cm³/mol. The summed E-state index contributed by atoms with van der Waals surface area (Å²) in [5.41, 5.74) is 2.79. The molecule has 1 fully saturated rings. The summed E-state index contributed by atoms with van der Waals surface area (Å²) >= 11 is 0. The molecule has 0 amide bonds. The van der Waals surface area contributed by atoms with Gasteiger partial charge in [0, 0.05) is 30.7 Å². The zero-order valence-electron chi connectivity index (χ0n) is 13.5. The van der Waals surface area contributed by atoms with E-state index < -0.39 is 0 Å². The summed E-state index contributed by atoms with van der Waals surface area (Å²) in [6.45, 7) is 9.22. The standard InChI is InChI=1S/C18H27FN2/c1-18(2,3)21-10-8-15(9-11-21)20-17-7-4-13-12-14(19)5-6-16(13)17/h5-6,12,15,17,20H,4,7-11H2,1-3H3. The first-order chi connectivity index (χ1) is 9.93. The van der Waals surface area contributed by atoms with Gasteiger partial charge >= 0.3 is 0 Å². The Morgan fingerprint density at radius 2 is 1.86 bits per heavy atom. The van der Waals surface area contributed by atoms with E-state index in [9.17, 15) is 4.39 Å². The predicted octanol–water partition coefficient (Wildman–Crippen LogP) is 3.67. The lowest BCUT2D eigenvalue weighted by Gasteiger charge is -2.41. The number of hydrogen-bond acceptors (Lipinski definition) is 2. The highest BCUT2D eigenvalue weighted by Crippen LogP contribution is 2.33. The number of rotatable bonds is 2. The van der Waals surface area contributed by atoms with Gasteiger partial charge in [-0.2, -0.15) is 0 Å². The van der Waals surface area contributed by atoms with Gasteiger partial charge in [0.1, 0.15) is 5.82 Å². The van der Waals surface area contributed by atoms with Crippen molar-refractivity contribution in [2.45, 2.75) is 64.1 Å². The molecule has 1 unspecified atom stereocenters. The van der Waals surface area contributed by atoms with Gasteiger partial charge < -0.3 is 5.32 Å². The number of hydrogen-bond donors (Lipinski definition) is 1. The normalized spacial score (nSPS) is 24.3. The van der Waals surface area contributed by atoms with Crippen LogP contribution in [0.3, 0.4) is 0 Å². The van der Waals surface area contributed by atoms with E-state index in [0.717, 1.165) is 12.8 Å². The summed E-state index contributed by atoms with van der Waals surface area (Å²) in [5.74, 6) is -0.104. The lowest BCUT2D eigenvalue weighted by Crippen LogP contribution is -2.50. The molecule has 1 aromatic carbocycles. The van der Waals surface area contributed by atoms with Crippen molar-refractivity contribution < 1.29 is 4.39 Å². The molecule has 1 aliphatic carbocycles. The lowest BCUT2D eigenvalue weighted by molar-refractivity contribution is 0.0937. The second-order valence-electron chi connectivity index (χ2n) is 7.53. The number of aryl methyl sites for hydroxylation is 1. The summed E-state index contributed by atoms with van der Waals surface area (Å²) < 4.78 is 13.3. The minimum absolute atomic E-state index is 0.104. The summed E-state index contributed by atoms with van der Waals surface area (Å²) in [4.78, 5) is 2.57. The van der Waals surface area contributed by atoms with E-state index in [0.29, 0.717) is 12.1 Å². The van der Waals surface area contributed by atoms with Crippen molar-refractivity contribution in [1.29, 1.82) is 0 Å². The molecule has 3 heteroatoms. The maximum Gasteiger partial charge on any atom is 0.123 e. The Hall–Kier alpha value is -0.930. The van der Waals surface area contributed by atoms with Gasteiger partial charge in [-0.25, -0.2) is 4.39 Å². The van der Waals surface area contributed by atoms with Gasteiger partial charge in [0.25, 0.3) is 0 Å². The zero-order valence-corrected chi connectivity index (χ0v) is 13.5. The summed E-state index contributed by atoms with van der Waals surface area (Å²) in [5, 5.41) is 3.82. The van der Waals surface area contributed by atoms with Gasteiger partial charge in [-0.15, -0.1) is 0 Å². The van der Waals surface area contributed by atoms with Gasteiger partial charge in [0.05, 0.1) is 0 Å². The third-order valence-electron chi connectivity index (χ3n) is 5.06.